The number of aromatic nitrogens is 1. The quantitative estimate of drug-likeness (QED) is 0.394. The molecule has 0 bridgehead atoms. The third-order valence-electron chi connectivity index (χ3n) is 4.83. The van der Waals surface area contributed by atoms with Crippen molar-refractivity contribution in [1.82, 2.24) is 4.57 Å². The summed E-state index contributed by atoms with van der Waals surface area (Å²) in [5.41, 5.74) is 1.84. The number of hydrogen-bond acceptors (Lipinski definition) is 5. The van der Waals surface area contributed by atoms with Crippen LogP contribution in [0.2, 0.25) is 0 Å². The molecular formula is C20H17N3O5S. The maximum absolute atomic E-state index is 12.8. The van der Waals surface area contributed by atoms with E-state index in [1.54, 1.807) is 49.5 Å². The van der Waals surface area contributed by atoms with Gasteiger partial charge in [-0.3, -0.25) is 14.8 Å². The van der Waals surface area contributed by atoms with Crippen LogP contribution in [0, 0.1) is 10.1 Å². The van der Waals surface area contributed by atoms with Crippen LogP contribution in [-0.2, 0) is 17.1 Å². The molecule has 0 unspecified atom stereocenters. The zero-order chi connectivity index (χ0) is 20.8. The molecule has 1 N–H and O–H groups in total. The lowest BCUT2D eigenvalue weighted by molar-refractivity contribution is -0.384. The minimum Gasteiger partial charge on any atom is -0.497 e. The highest BCUT2D eigenvalue weighted by molar-refractivity contribution is 7.92. The Balaban J connectivity index is 1.79. The molecule has 0 spiro atoms. The third-order valence-corrected chi connectivity index (χ3v) is 6.20. The molecular weight excluding hydrogens is 394 g/mol. The number of nitrogens with zero attached hydrogens (tertiary/aromatic N) is 2. The van der Waals surface area contributed by atoms with Gasteiger partial charge in [-0.1, -0.05) is 0 Å². The molecule has 1 heterocycles. The molecule has 0 radical (unpaired) electrons. The SMILES string of the molecule is COc1ccc(NS(=O)(=O)c2ccc3c(c2)c2ccc([N+](=O)[O-])cc2n3C)cc1. The number of nitro groups is 1. The van der Waals surface area contributed by atoms with E-state index in [4.69, 9.17) is 4.74 Å². The molecule has 1 aromatic heterocycles. The Hall–Kier alpha value is -3.59. The molecule has 0 aliphatic rings. The molecule has 4 aromatic rings. The Kier molecular flexibility index (Phi) is 4.39. The lowest BCUT2D eigenvalue weighted by Gasteiger charge is -2.09. The van der Waals surface area contributed by atoms with Crippen LogP contribution in [0.25, 0.3) is 21.8 Å². The summed E-state index contributed by atoms with van der Waals surface area (Å²) < 4.78 is 35.1. The van der Waals surface area contributed by atoms with Crippen molar-refractivity contribution in [2.24, 2.45) is 7.05 Å². The number of nitrogens with one attached hydrogen (secondary N) is 1. The fourth-order valence-corrected chi connectivity index (χ4v) is 4.42. The Bertz CT molecular complexity index is 1360. The summed E-state index contributed by atoms with van der Waals surface area (Å²) in [7, 11) is -0.489. The monoisotopic (exact) mass is 411 g/mol. The number of anilines is 1. The summed E-state index contributed by atoms with van der Waals surface area (Å²) >= 11 is 0. The number of rotatable bonds is 5. The first-order chi connectivity index (χ1) is 13.8. The number of methoxy groups -OCH3 is 1. The second-order valence-corrected chi connectivity index (χ2v) is 8.21. The van der Waals surface area contributed by atoms with Crippen LogP contribution in [0.1, 0.15) is 0 Å². The Morgan fingerprint density at radius 1 is 0.966 bits per heavy atom. The average Bonchev–Trinajstić information content (AvgIpc) is 2.99. The molecule has 4 rings (SSSR count). The van der Waals surface area contributed by atoms with Crippen LogP contribution in [0.3, 0.4) is 0 Å². The van der Waals surface area contributed by atoms with Crippen molar-refractivity contribution in [2.45, 2.75) is 4.90 Å². The van der Waals surface area contributed by atoms with Crippen LogP contribution < -0.4 is 9.46 Å². The first-order valence-corrected chi connectivity index (χ1v) is 10.1. The Labute approximate surface area is 166 Å². The smallest absolute Gasteiger partial charge is 0.271 e. The van der Waals surface area contributed by atoms with Crippen molar-refractivity contribution in [3.63, 3.8) is 0 Å². The first kappa shape index (κ1) is 18.8. The van der Waals surface area contributed by atoms with E-state index in [1.165, 1.54) is 25.3 Å². The third kappa shape index (κ3) is 3.25. The van der Waals surface area contributed by atoms with Gasteiger partial charge >= 0.3 is 0 Å². The van der Waals surface area contributed by atoms with Crippen LogP contribution >= 0.6 is 0 Å². The molecule has 0 saturated carbocycles. The second kappa shape index (κ2) is 6.78. The fourth-order valence-electron chi connectivity index (χ4n) is 3.33. The normalized spacial score (nSPS) is 11.7. The van der Waals surface area contributed by atoms with E-state index in [9.17, 15) is 18.5 Å². The maximum atomic E-state index is 12.8. The number of non-ortho nitro benzene ring substituents is 1. The van der Waals surface area contributed by atoms with Crippen LogP contribution in [0.15, 0.2) is 65.6 Å². The summed E-state index contributed by atoms with van der Waals surface area (Å²) in [4.78, 5) is 10.7. The molecule has 0 amide bonds. The van der Waals surface area contributed by atoms with E-state index >= 15 is 0 Å². The largest absolute Gasteiger partial charge is 0.497 e. The van der Waals surface area contributed by atoms with Gasteiger partial charge in [0.25, 0.3) is 15.7 Å². The van der Waals surface area contributed by atoms with Gasteiger partial charge in [0.05, 0.1) is 22.4 Å². The van der Waals surface area contributed by atoms with Gasteiger partial charge in [-0.2, -0.15) is 0 Å². The predicted molar refractivity (Wildman–Crippen MR) is 111 cm³/mol. The molecule has 0 atom stereocenters. The van der Waals surface area contributed by atoms with Crippen molar-refractivity contribution in [1.29, 1.82) is 0 Å². The van der Waals surface area contributed by atoms with Gasteiger partial charge in [0, 0.05) is 41.2 Å². The molecule has 0 fully saturated rings. The Morgan fingerprint density at radius 3 is 2.34 bits per heavy atom. The topological polar surface area (TPSA) is 103 Å². The maximum Gasteiger partial charge on any atom is 0.271 e. The number of aryl methyl sites for hydroxylation is 1. The van der Waals surface area contributed by atoms with Crippen molar-refractivity contribution < 1.29 is 18.1 Å². The van der Waals surface area contributed by atoms with E-state index < -0.39 is 14.9 Å². The number of hydrogen-bond donors (Lipinski definition) is 1. The van der Waals surface area contributed by atoms with Gasteiger partial charge < -0.3 is 9.30 Å². The van der Waals surface area contributed by atoms with Gasteiger partial charge in [0.2, 0.25) is 0 Å². The van der Waals surface area contributed by atoms with Gasteiger partial charge in [-0.05, 0) is 48.5 Å². The molecule has 9 heteroatoms. The van der Waals surface area contributed by atoms with E-state index in [-0.39, 0.29) is 10.6 Å². The molecule has 0 aliphatic heterocycles. The van der Waals surface area contributed by atoms with Crippen LogP contribution in [0.4, 0.5) is 11.4 Å². The van der Waals surface area contributed by atoms with E-state index in [0.29, 0.717) is 22.3 Å². The molecule has 29 heavy (non-hydrogen) atoms. The molecule has 0 aliphatic carbocycles. The van der Waals surface area contributed by atoms with Crippen LogP contribution in [-0.4, -0.2) is 25.0 Å². The van der Waals surface area contributed by atoms with Crippen molar-refractivity contribution >= 4 is 43.2 Å². The van der Waals surface area contributed by atoms with Gasteiger partial charge in [0.1, 0.15) is 5.75 Å². The highest BCUT2D eigenvalue weighted by Gasteiger charge is 2.18. The van der Waals surface area contributed by atoms with E-state index in [2.05, 4.69) is 4.72 Å². The number of nitro benzene ring substituents is 1. The number of benzene rings is 3. The van der Waals surface area contributed by atoms with E-state index in [0.717, 1.165) is 10.9 Å². The summed E-state index contributed by atoms with van der Waals surface area (Å²) in [6, 6.07) is 15.9. The van der Waals surface area contributed by atoms with Gasteiger partial charge in [0.15, 0.2) is 0 Å². The average molecular weight is 411 g/mol. The number of ether oxygens (including phenoxy) is 1. The minimum atomic E-state index is -3.81. The molecule has 8 nitrogen and oxygen atoms in total. The van der Waals surface area contributed by atoms with E-state index in [1.807, 2.05) is 4.57 Å². The van der Waals surface area contributed by atoms with Crippen molar-refractivity contribution in [2.75, 3.05) is 11.8 Å². The zero-order valence-electron chi connectivity index (χ0n) is 15.6. The standard InChI is InChI=1S/C20H17N3O5S/c1-22-19-10-8-16(29(26,27)21-13-3-6-15(28-2)7-4-13)12-18(19)17-9-5-14(23(24)25)11-20(17)22/h3-12,21H,1-2H3. The van der Waals surface area contributed by atoms with Crippen molar-refractivity contribution in [3.05, 3.63) is 70.8 Å². The summed E-state index contributed by atoms with van der Waals surface area (Å²) in [6.07, 6.45) is 0. The molecule has 148 valence electrons. The number of fused-ring (bicyclic) bond motifs is 3. The summed E-state index contributed by atoms with van der Waals surface area (Å²) in [6.45, 7) is 0. The predicted octanol–water partition coefficient (Wildman–Crippen LogP) is 4.05. The second-order valence-electron chi connectivity index (χ2n) is 6.53. The van der Waals surface area contributed by atoms with Crippen LogP contribution in [0.5, 0.6) is 5.75 Å². The summed E-state index contributed by atoms with van der Waals surface area (Å²) in [5.74, 6) is 0.624. The lowest BCUT2D eigenvalue weighted by Crippen LogP contribution is -2.12. The highest BCUT2D eigenvalue weighted by Crippen LogP contribution is 2.32. The fraction of sp³-hybridized carbons (Fsp3) is 0.100. The molecule has 3 aromatic carbocycles. The summed E-state index contributed by atoms with van der Waals surface area (Å²) in [5, 5.41) is 12.5. The Morgan fingerprint density at radius 2 is 1.69 bits per heavy atom. The van der Waals surface area contributed by atoms with Crippen molar-refractivity contribution in [3.8, 4) is 5.75 Å². The minimum absolute atomic E-state index is 0.0163. The zero-order valence-corrected chi connectivity index (χ0v) is 16.4. The first-order valence-electron chi connectivity index (χ1n) is 8.63. The number of sulfonamides is 1. The highest BCUT2D eigenvalue weighted by atomic mass is 32.2. The molecule has 0 saturated heterocycles. The van der Waals surface area contributed by atoms with Gasteiger partial charge in [-0.15, -0.1) is 0 Å². The van der Waals surface area contributed by atoms with Gasteiger partial charge in [-0.25, -0.2) is 8.42 Å². The lowest BCUT2D eigenvalue weighted by atomic mass is 10.1.